The van der Waals surface area contributed by atoms with Gasteiger partial charge in [0.25, 0.3) is 0 Å². The molecule has 0 saturated heterocycles. The zero-order valence-corrected chi connectivity index (χ0v) is 14.1. The number of aliphatic imine (C=N–C) groups is 1. The molecular formula is C19H22N2O4. The number of carboxylic acids is 2. The number of rotatable bonds is 4. The number of aliphatic carboxylic acids is 2. The van der Waals surface area contributed by atoms with Crippen LogP contribution < -0.4 is 5.32 Å². The highest BCUT2D eigenvalue weighted by Crippen LogP contribution is 2.27. The van der Waals surface area contributed by atoms with E-state index in [2.05, 4.69) is 41.5 Å². The van der Waals surface area contributed by atoms with Gasteiger partial charge < -0.3 is 15.5 Å². The van der Waals surface area contributed by atoms with Crippen LogP contribution in [0, 0.1) is 6.92 Å². The van der Waals surface area contributed by atoms with Gasteiger partial charge in [-0.1, -0.05) is 35.4 Å². The van der Waals surface area contributed by atoms with E-state index in [4.69, 9.17) is 10.2 Å². The number of hydrogen-bond donors (Lipinski definition) is 3. The highest BCUT2D eigenvalue weighted by Gasteiger charge is 2.16. The summed E-state index contributed by atoms with van der Waals surface area (Å²) in [6, 6.07) is 7.30. The van der Waals surface area contributed by atoms with Crippen molar-refractivity contribution < 1.29 is 19.8 Å². The first-order valence-electron chi connectivity index (χ1n) is 8.11. The molecular weight excluding hydrogens is 320 g/mol. The summed E-state index contributed by atoms with van der Waals surface area (Å²) in [5.41, 5.74) is 5.84. The van der Waals surface area contributed by atoms with E-state index in [-0.39, 0.29) is 0 Å². The molecule has 1 atom stereocenters. The number of carbonyl (C=O) groups is 2. The molecule has 0 spiro atoms. The van der Waals surface area contributed by atoms with E-state index >= 15 is 0 Å². The highest BCUT2D eigenvalue weighted by molar-refractivity contribution is 5.89. The molecule has 0 radical (unpaired) electrons. The lowest BCUT2D eigenvalue weighted by atomic mass is 9.88. The minimum absolute atomic E-state index is 0.522. The predicted molar refractivity (Wildman–Crippen MR) is 96.8 cm³/mol. The zero-order valence-electron chi connectivity index (χ0n) is 14.1. The lowest BCUT2D eigenvalue weighted by Gasteiger charge is -2.19. The van der Waals surface area contributed by atoms with Crippen molar-refractivity contribution >= 4 is 24.4 Å². The molecule has 0 bridgehead atoms. The molecule has 1 unspecified atom stereocenters. The van der Waals surface area contributed by atoms with Gasteiger partial charge in [-0.2, -0.15) is 0 Å². The number of carboxylic acid groups (broad SMARTS) is 2. The second-order valence-corrected chi connectivity index (χ2v) is 6.08. The van der Waals surface area contributed by atoms with E-state index in [0.717, 1.165) is 13.0 Å². The molecule has 1 aromatic carbocycles. The number of nitrogens with one attached hydrogen (secondary N) is 1. The molecule has 25 heavy (non-hydrogen) atoms. The van der Waals surface area contributed by atoms with Gasteiger partial charge in [-0.05, 0) is 37.3 Å². The first kappa shape index (κ1) is 18.4. The smallest absolute Gasteiger partial charge is 0.328 e. The molecule has 2 aliphatic rings. The molecule has 1 heterocycles. The molecule has 0 amide bonds. The summed E-state index contributed by atoms with van der Waals surface area (Å²) in [6.07, 6.45) is 8.85. The van der Waals surface area contributed by atoms with Crippen molar-refractivity contribution in [2.45, 2.75) is 32.2 Å². The van der Waals surface area contributed by atoms with Gasteiger partial charge in [0.1, 0.15) is 0 Å². The van der Waals surface area contributed by atoms with Crippen LogP contribution in [-0.2, 0) is 16.0 Å². The maximum absolute atomic E-state index is 9.55. The minimum Gasteiger partial charge on any atom is -0.478 e. The maximum Gasteiger partial charge on any atom is 0.328 e. The Kier molecular flexibility index (Phi) is 6.51. The molecule has 6 nitrogen and oxygen atoms in total. The third kappa shape index (κ3) is 6.25. The van der Waals surface area contributed by atoms with Crippen molar-refractivity contribution in [1.82, 2.24) is 5.32 Å². The SMILES string of the molecule is Cc1ccc2c(c1)CCC(CC1CN=CN1)=C2.O=C(O)C=CC(=O)O. The molecule has 132 valence electrons. The zero-order chi connectivity index (χ0) is 18.2. The summed E-state index contributed by atoms with van der Waals surface area (Å²) in [7, 11) is 0. The highest BCUT2D eigenvalue weighted by atomic mass is 16.4. The summed E-state index contributed by atoms with van der Waals surface area (Å²) in [5, 5.41) is 18.9. The van der Waals surface area contributed by atoms with Crippen LogP contribution in [-0.4, -0.2) is 41.1 Å². The number of nitrogens with zero attached hydrogens (tertiary/aromatic N) is 1. The van der Waals surface area contributed by atoms with Gasteiger partial charge in [0.2, 0.25) is 0 Å². The van der Waals surface area contributed by atoms with Crippen molar-refractivity contribution in [3.63, 3.8) is 0 Å². The van der Waals surface area contributed by atoms with E-state index in [1.165, 1.54) is 29.5 Å². The number of aryl methyl sites for hydroxylation is 2. The number of fused-ring (bicyclic) bond motifs is 1. The van der Waals surface area contributed by atoms with E-state index in [1.807, 2.05) is 6.34 Å². The van der Waals surface area contributed by atoms with Crippen molar-refractivity contribution in [2.75, 3.05) is 6.54 Å². The molecule has 1 aliphatic heterocycles. The maximum atomic E-state index is 9.55. The third-order valence-corrected chi connectivity index (χ3v) is 3.98. The first-order chi connectivity index (χ1) is 11.9. The summed E-state index contributed by atoms with van der Waals surface area (Å²) in [5.74, 6) is -2.51. The van der Waals surface area contributed by atoms with Gasteiger partial charge in [-0.15, -0.1) is 0 Å². The quantitative estimate of drug-likeness (QED) is 0.730. The van der Waals surface area contributed by atoms with E-state index in [1.54, 1.807) is 5.57 Å². The van der Waals surface area contributed by atoms with Gasteiger partial charge >= 0.3 is 11.9 Å². The van der Waals surface area contributed by atoms with Crippen molar-refractivity contribution in [1.29, 1.82) is 0 Å². The number of benzene rings is 1. The average Bonchev–Trinajstić information content (AvgIpc) is 3.07. The van der Waals surface area contributed by atoms with Crippen LogP contribution in [0.5, 0.6) is 0 Å². The first-order valence-corrected chi connectivity index (χ1v) is 8.11. The topological polar surface area (TPSA) is 99.0 Å². The Morgan fingerprint density at radius 3 is 2.56 bits per heavy atom. The molecule has 3 N–H and O–H groups in total. The number of hydrogen-bond acceptors (Lipinski definition) is 4. The fraction of sp³-hybridized carbons (Fsp3) is 0.316. The van der Waals surface area contributed by atoms with E-state index in [9.17, 15) is 9.59 Å². The minimum atomic E-state index is -1.26. The lowest BCUT2D eigenvalue weighted by Crippen LogP contribution is -2.25. The van der Waals surface area contributed by atoms with Crippen LogP contribution in [0.2, 0.25) is 0 Å². The molecule has 1 aliphatic carbocycles. The lowest BCUT2D eigenvalue weighted by molar-refractivity contribution is -0.134. The van der Waals surface area contributed by atoms with Crippen LogP contribution in [0.25, 0.3) is 6.08 Å². The Hall–Kier alpha value is -2.89. The van der Waals surface area contributed by atoms with E-state index in [0.29, 0.717) is 18.2 Å². The summed E-state index contributed by atoms with van der Waals surface area (Å²) in [6.45, 7) is 3.09. The van der Waals surface area contributed by atoms with Crippen LogP contribution in [0.3, 0.4) is 0 Å². The molecule has 1 aromatic rings. The van der Waals surface area contributed by atoms with Crippen LogP contribution >= 0.6 is 0 Å². The summed E-state index contributed by atoms with van der Waals surface area (Å²) >= 11 is 0. The van der Waals surface area contributed by atoms with Crippen LogP contribution in [0.4, 0.5) is 0 Å². The van der Waals surface area contributed by atoms with Gasteiger partial charge in [0, 0.05) is 12.2 Å². The van der Waals surface area contributed by atoms with E-state index < -0.39 is 11.9 Å². The molecule has 3 rings (SSSR count). The Morgan fingerprint density at radius 2 is 1.96 bits per heavy atom. The molecule has 6 heteroatoms. The average molecular weight is 342 g/mol. The second-order valence-electron chi connectivity index (χ2n) is 6.08. The monoisotopic (exact) mass is 342 g/mol. The van der Waals surface area contributed by atoms with Gasteiger partial charge in [0.05, 0.1) is 18.9 Å². The molecule has 0 saturated carbocycles. The van der Waals surface area contributed by atoms with Crippen molar-refractivity contribution in [3.05, 3.63) is 52.6 Å². The second kappa shape index (κ2) is 8.82. The Balaban J connectivity index is 0.000000242. The molecule has 0 aromatic heterocycles. The Morgan fingerprint density at radius 1 is 1.24 bits per heavy atom. The standard InChI is InChI=1S/C15H18N2.C4H4O4/c1-11-2-4-14-7-12(3-5-13(14)6-11)8-15-9-16-10-17-15;5-3(6)1-2-4(7)8/h2,4,6-7,10,15H,3,5,8-9H2,1H3,(H,16,17);1-2H,(H,5,6)(H,7,8). The van der Waals surface area contributed by atoms with Crippen molar-refractivity contribution in [2.24, 2.45) is 4.99 Å². The summed E-state index contributed by atoms with van der Waals surface area (Å²) in [4.78, 5) is 23.3. The van der Waals surface area contributed by atoms with Gasteiger partial charge in [-0.3, -0.25) is 4.99 Å². The summed E-state index contributed by atoms with van der Waals surface area (Å²) < 4.78 is 0. The predicted octanol–water partition coefficient (Wildman–Crippen LogP) is 2.43. The van der Waals surface area contributed by atoms with Crippen LogP contribution in [0.15, 0.2) is 40.9 Å². The fourth-order valence-electron chi connectivity index (χ4n) is 2.81. The molecule has 0 fully saturated rings. The van der Waals surface area contributed by atoms with Gasteiger partial charge in [0.15, 0.2) is 0 Å². The Bertz CT molecular complexity index is 711. The van der Waals surface area contributed by atoms with Crippen molar-refractivity contribution in [3.8, 4) is 0 Å². The Labute approximate surface area is 146 Å². The fourth-order valence-corrected chi connectivity index (χ4v) is 2.81. The normalized spacial score (nSPS) is 18.0. The van der Waals surface area contributed by atoms with Gasteiger partial charge in [-0.25, -0.2) is 9.59 Å². The van der Waals surface area contributed by atoms with Crippen LogP contribution in [0.1, 0.15) is 29.5 Å². The largest absolute Gasteiger partial charge is 0.478 e. The third-order valence-electron chi connectivity index (χ3n) is 3.98.